The Balaban J connectivity index is 2.30. The van der Waals surface area contributed by atoms with Crippen molar-refractivity contribution in [2.24, 2.45) is 0 Å². The van der Waals surface area contributed by atoms with Gasteiger partial charge in [-0.25, -0.2) is 0 Å². The van der Waals surface area contributed by atoms with Gasteiger partial charge in [0.25, 0.3) is 5.69 Å². The van der Waals surface area contributed by atoms with Crippen LogP contribution in [0.4, 0.5) is 5.69 Å². The van der Waals surface area contributed by atoms with Crippen molar-refractivity contribution in [1.82, 2.24) is 0 Å². The molecule has 0 aliphatic rings. The molecule has 2 aromatic rings. The molecule has 0 aliphatic carbocycles. The van der Waals surface area contributed by atoms with Crippen molar-refractivity contribution in [3.05, 3.63) is 63.2 Å². The predicted molar refractivity (Wildman–Crippen MR) is 81.7 cm³/mol. The van der Waals surface area contributed by atoms with Gasteiger partial charge in [0.1, 0.15) is 4.90 Å². The second-order valence-corrected chi connectivity index (χ2v) is 6.36. The second-order valence-electron chi connectivity index (χ2n) is 4.41. The van der Waals surface area contributed by atoms with Gasteiger partial charge in [-0.05, 0) is 30.2 Å². The molecule has 6 nitrogen and oxygen atoms in total. The molecule has 0 spiro atoms. The second kappa shape index (κ2) is 6.33. The molecule has 0 fully saturated rings. The quantitative estimate of drug-likeness (QED) is 0.471. The monoisotopic (exact) mass is 341 g/mol. The van der Waals surface area contributed by atoms with Crippen LogP contribution in [0.3, 0.4) is 0 Å². The summed E-state index contributed by atoms with van der Waals surface area (Å²) in [6.07, 6.45) is 0.787. The lowest BCUT2D eigenvalue weighted by Gasteiger charge is -2.08. The molecule has 8 heteroatoms. The van der Waals surface area contributed by atoms with E-state index in [1.807, 2.05) is 6.92 Å². The third-order valence-corrected chi connectivity index (χ3v) is 4.49. The smallest absolute Gasteiger partial charge is 0.339 e. The van der Waals surface area contributed by atoms with Crippen LogP contribution in [0.25, 0.3) is 0 Å². The lowest BCUT2D eigenvalue weighted by atomic mass is 10.2. The van der Waals surface area contributed by atoms with Gasteiger partial charge in [-0.3, -0.25) is 10.1 Å². The number of benzene rings is 2. The highest BCUT2D eigenvalue weighted by molar-refractivity contribution is 7.87. The fourth-order valence-corrected chi connectivity index (χ4v) is 2.94. The van der Waals surface area contributed by atoms with Crippen LogP contribution in [-0.2, 0) is 16.5 Å². The molecule has 0 saturated heterocycles. The van der Waals surface area contributed by atoms with Gasteiger partial charge in [0.05, 0.1) is 9.95 Å². The van der Waals surface area contributed by atoms with Crippen molar-refractivity contribution < 1.29 is 17.5 Å². The molecule has 0 amide bonds. The Morgan fingerprint density at radius 3 is 2.32 bits per heavy atom. The van der Waals surface area contributed by atoms with E-state index in [2.05, 4.69) is 0 Å². The van der Waals surface area contributed by atoms with E-state index < -0.39 is 15.0 Å². The standard InChI is InChI=1S/C14H12ClNO5S/c1-2-10-3-6-12(7-4-10)22(19,20)21-14-8-5-11(16(17)18)9-13(14)15/h3-9H,2H2,1H3. The molecular weight excluding hydrogens is 330 g/mol. The number of rotatable bonds is 5. The van der Waals surface area contributed by atoms with E-state index in [0.29, 0.717) is 0 Å². The average molecular weight is 342 g/mol. The first-order chi connectivity index (χ1) is 10.3. The summed E-state index contributed by atoms with van der Waals surface area (Å²) in [5, 5.41) is 10.5. The molecule has 0 heterocycles. The number of nitrogens with zero attached hydrogens (tertiary/aromatic N) is 1. The number of nitro benzene ring substituents is 1. The molecule has 0 atom stereocenters. The summed E-state index contributed by atoms with van der Waals surface area (Å²) in [7, 11) is -4.05. The van der Waals surface area contributed by atoms with Gasteiger partial charge >= 0.3 is 10.1 Å². The third kappa shape index (κ3) is 3.55. The van der Waals surface area contributed by atoms with Crippen LogP contribution in [0.1, 0.15) is 12.5 Å². The zero-order valence-electron chi connectivity index (χ0n) is 11.5. The number of non-ortho nitro benzene ring substituents is 1. The highest BCUT2D eigenvalue weighted by atomic mass is 35.5. The Kier molecular flexibility index (Phi) is 4.68. The molecular formula is C14H12ClNO5S. The lowest BCUT2D eigenvalue weighted by Crippen LogP contribution is -2.10. The minimum Gasteiger partial charge on any atom is -0.377 e. The van der Waals surface area contributed by atoms with E-state index in [9.17, 15) is 18.5 Å². The highest BCUT2D eigenvalue weighted by Crippen LogP contribution is 2.31. The molecule has 0 bridgehead atoms. The van der Waals surface area contributed by atoms with Crippen molar-refractivity contribution >= 4 is 27.4 Å². The number of halogens is 1. The van der Waals surface area contributed by atoms with Crippen molar-refractivity contribution in [2.75, 3.05) is 0 Å². The summed E-state index contributed by atoms with van der Waals surface area (Å²) >= 11 is 5.82. The first-order valence-corrected chi connectivity index (χ1v) is 8.09. The van der Waals surface area contributed by atoms with E-state index in [1.165, 1.54) is 12.1 Å². The fraction of sp³-hybridized carbons (Fsp3) is 0.143. The maximum Gasteiger partial charge on any atom is 0.339 e. The Bertz CT molecular complexity index is 802. The normalized spacial score (nSPS) is 11.2. The Hall–Kier alpha value is -2.12. The Labute approximate surface area is 132 Å². The molecule has 2 aromatic carbocycles. The van der Waals surface area contributed by atoms with E-state index in [0.717, 1.165) is 30.2 Å². The molecule has 0 N–H and O–H groups in total. The number of hydrogen-bond donors (Lipinski definition) is 0. The van der Waals surface area contributed by atoms with Crippen LogP contribution < -0.4 is 4.18 Å². The van der Waals surface area contributed by atoms with Crippen LogP contribution in [0, 0.1) is 10.1 Å². The minimum absolute atomic E-state index is 0.0147. The third-order valence-electron chi connectivity index (χ3n) is 2.95. The zero-order valence-corrected chi connectivity index (χ0v) is 13.1. The molecule has 0 saturated carbocycles. The summed E-state index contributed by atoms with van der Waals surface area (Å²) < 4.78 is 29.3. The molecule has 0 radical (unpaired) electrons. The van der Waals surface area contributed by atoms with Gasteiger partial charge in [-0.15, -0.1) is 0 Å². The van der Waals surface area contributed by atoms with Gasteiger partial charge < -0.3 is 4.18 Å². The molecule has 116 valence electrons. The van der Waals surface area contributed by atoms with Crippen molar-refractivity contribution in [3.8, 4) is 5.75 Å². The maximum absolute atomic E-state index is 12.2. The summed E-state index contributed by atoms with van der Waals surface area (Å²) in [5.74, 6) is -0.160. The van der Waals surface area contributed by atoms with Gasteiger partial charge in [-0.2, -0.15) is 8.42 Å². The van der Waals surface area contributed by atoms with Gasteiger partial charge in [0, 0.05) is 12.1 Å². The Morgan fingerprint density at radius 2 is 1.82 bits per heavy atom. The first-order valence-electron chi connectivity index (χ1n) is 6.31. The lowest BCUT2D eigenvalue weighted by molar-refractivity contribution is -0.384. The summed E-state index contributed by atoms with van der Waals surface area (Å²) in [6, 6.07) is 9.56. The van der Waals surface area contributed by atoms with Gasteiger partial charge in [0.15, 0.2) is 5.75 Å². The number of nitro groups is 1. The number of hydrogen-bond acceptors (Lipinski definition) is 5. The summed E-state index contributed by atoms with van der Waals surface area (Å²) in [5.41, 5.74) is 0.745. The highest BCUT2D eigenvalue weighted by Gasteiger charge is 2.19. The largest absolute Gasteiger partial charge is 0.377 e. The van der Waals surface area contributed by atoms with Crippen LogP contribution in [0.2, 0.25) is 5.02 Å². The van der Waals surface area contributed by atoms with E-state index in [1.54, 1.807) is 12.1 Å². The zero-order chi connectivity index (χ0) is 16.3. The average Bonchev–Trinajstić information content (AvgIpc) is 2.49. The summed E-state index contributed by atoms with van der Waals surface area (Å²) in [6.45, 7) is 1.96. The minimum atomic E-state index is -4.05. The van der Waals surface area contributed by atoms with Crippen LogP contribution in [-0.4, -0.2) is 13.3 Å². The van der Waals surface area contributed by atoms with E-state index in [4.69, 9.17) is 15.8 Å². The SMILES string of the molecule is CCc1ccc(S(=O)(=O)Oc2ccc([N+](=O)[O-])cc2Cl)cc1. The number of aryl methyl sites for hydroxylation is 1. The maximum atomic E-state index is 12.2. The van der Waals surface area contributed by atoms with Gasteiger partial charge in [0.2, 0.25) is 0 Å². The van der Waals surface area contributed by atoms with Crippen LogP contribution in [0.5, 0.6) is 5.75 Å². The van der Waals surface area contributed by atoms with Crippen LogP contribution >= 0.6 is 11.6 Å². The van der Waals surface area contributed by atoms with E-state index in [-0.39, 0.29) is 21.4 Å². The molecule has 0 aromatic heterocycles. The van der Waals surface area contributed by atoms with Crippen LogP contribution in [0.15, 0.2) is 47.4 Å². The Morgan fingerprint density at radius 1 is 1.18 bits per heavy atom. The van der Waals surface area contributed by atoms with Crippen molar-refractivity contribution in [3.63, 3.8) is 0 Å². The molecule has 2 rings (SSSR count). The molecule has 0 unspecified atom stereocenters. The fourth-order valence-electron chi connectivity index (χ4n) is 1.73. The van der Waals surface area contributed by atoms with Crippen molar-refractivity contribution in [2.45, 2.75) is 18.2 Å². The topological polar surface area (TPSA) is 86.5 Å². The molecule has 0 aliphatic heterocycles. The predicted octanol–water partition coefficient (Wildman–Crippen LogP) is 3.58. The summed E-state index contributed by atoms with van der Waals surface area (Å²) in [4.78, 5) is 9.97. The molecule has 22 heavy (non-hydrogen) atoms. The van der Waals surface area contributed by atoms with Crippen molar-refractivity contribution in [1.29, 1.82) is 0 Å². The first kappa shape index (κ1) is 16.3. The van der Waals surface area contributed by atoms with Gasteiger partial charge in [-0.1, -0.05) is 30.7 Å². The van der Waals surface area contributed by atoms with E-state index >= 15 is 0 Å².